The van der Waals surface area contributed by atoms with Crippen LogP contribution >= 0.6 is 0 Å². The average Bonchev–Trinajstić information content (AvgIpc) is 3.37. The van der Waals surface area contributed by atoms with Crippen LogP contribution in [0.15, 0.2) is 30.6 Å². The van der Waals surface area contributed by atoms with Crippen molar-refractivity contribution in [1.82, 2.24) is 19.4 Å². The van der Waals surface area contributed by atoms with Crippen molar-refractivity contribution in [2.45, 2.75) is 19.4 Å². The van der Waals surface area contributed by atoms with Crippen molar-refractivity contribution in [3.63, 3.8) is 0 Å². The van der Waals surface area contributed by atoms with Crippen LogP contribution in [0.1, 0.15) is 12.8 Å². The number of hydrogen-bond donors (Lipinski definition) is 1. The number of carboxylic acid groups (broad SMARTS) is 1. The van der Waals surface area contributed by atoms with Gasteiger partial charge in [0.25, 0.3) is 0 Å². The fraction of sp³-hybridized carbons (Fsp3) is 0.579. The van der Waals surface area contributed by atoms with Crippen molar-refractivity contribution in [3.05, 3.63) is 30.6 Å². The number of hydrogen-bond acceptors (Lipinski definition) is 4. The fourth-order valence-corrected chi connectivity index (χ4v) is 3.77. The zero-order valence-electron chi connectivity index (χ0n) is 14.5. The lowest BCUT2D eigenvalue weighted by Gasteiger charge is -2.22. The molecule has 2 fully saturated rings. The minimum atomic E-state index is -0.666. The van der Waals surface area contributed by atoms with E-state index in [0.29, 0.717) is 13.1 Å². The summed E-state index contributed by atoms with van der Waals surface area (Å²) in [5, 5.41) is 9.57. The van der Waals surface area contributed by atoms with Gasteiger partial charge >= 0.3 is 5.97 Å². The molecule has 1 aliphatic carbocycles. The van der Waals surface area contributed by atoms with E-state index in [1.165, 1.54) is 12.8 Å². The number of rotatable bonds is 6. The van der Waals surface area contributed by atoms with Gasteiger partial charge < -0.3 is 14.6 Å². The lowest BCUT2D eigenvalue weighted by Crippen LogP contribution is -2.36. The summed E-state index contributed by atoms with van der Waals surface area (Å²) >= 11 is 0. The predicted molar refractivity (Wildman–Crippen MR) is 96.5 cm³/mol. The highest BCUT2D eigenvalue weighted by atomic mass is 16.4. The van der Waals surface area contributed by atoms with Crippen LogP contribution in [0, 0.1) is 11.8 Å². The number of nitrogens with zero attached hydrogens (tertiary/aromatic N) is 4. The van der Waals surface area contributed by atoms with Crippen LogP contribution < -0.4 is 0 Å². The normalized spacial score (nSPS) is 23.0. The van der Waals surface area contributed by atoms with Gasteiger partial charge in [-0.15, -0.1) is 0 Å². The molecule has 0 spiro atoms. The van der Waals surface area contributed by atoms with Gasteiger partial charge in [-0.2, -0.15) is 0 Å². The summed E-state index contributed by atoms with van der Waals surface area (Å²) in [5.74, 6) is -0.153. The Morgan fingerprint density at radius 3 is 2.68 bits per heavy atom. The molecule has 1 unspecified atom stereocenters. The second kappa shape index (κ2) is 7.14. The summed E-state index contributed by atoms with van der Waals surface area (Å²) in [5.41, 5.74) is 2.15. The molecule has 4 rings (SSSR count). The van der Waals surface area contributed by atoms with Gasteiger partial charge in [0.2, 0.25) is 0 Å². The van der Waals surface area contributed by atoms with E-state index in [9.17, 15) is 9.90 Å². The Hall–Kier alpha value is -1.92. The van der Waals surface area contributed by atoms with Gasteiger partial charge in [0.15, 0.2) is 0 Å². The Kier molecular flexibility index (Phi) is 4.72. The van der Waals surface area contributed by atoms with Crippen molar-refractivity contribution in [2.24, 2.45) is 11.8 Å². The topological polar surface area (TPSA) is 61.6 Å². The predicted octanol–water partition coefficient (Wildman–Crippen LogP) is 1.76. The molecule has 2 aromatic rings. The Balaban J connectivity index is 1.39. The Morgan fingerprint density at radius 1 is 1.12 bits per heavy atom. The van der Waals surface area contributed by atoms with E-state index < -0.39 is 5.97 Å². The van der Waals surface area contributed by atoms with Crippen LogP contribution in [0.5, 0.6) is 0 Å². The van der Waals surface area contributed by atoms with E-state index in [2.05, 4.69) is 25.4 Å². The summed E-state index contributed by atoms with van der Waals surface area (Å²) in [4.78, 5) is 20.7. The molecule has 6 heteroatoms. The van der Waals surface area contributed by atoms with Gasteiger partial charge in [-0.3, -0.25) is 9.69 Å². The Morgan fingerprint density at radius 2 is 1.88 bits per heavy atom. The van der Waals surface area contributed by atoms with E-state index in [1.54, 1.807) is 0 Å². The second-order valence-electron chi connectivity index (χ2n) is 7.47. The Bertz CT molecular complexity index is 740. The molecule has 1 aromatic carbocycles. The van der Waals surface area contributed by atoms with Crippen LogP contribution in [0.3, 0.4) is 0 Å². The van der Waals surface area contributed by atoms with Gasteiger partial charge in [0.05, 0.1) is 23.3 Å². The summed E-state index contributed by atoms with van der Waals surface area (Å²) < 4.78 is 2.16. The minimum Gasteiger partial charge on any atom is -0.481 e. The van der Waals surface area contributed by atoms with Crippen LogP contribution in [-0.2, 0) is 11.3 Å². The SMILES string of the molecule is O=C(O)C1CN(CCn2cnc3ccccc32)CCN(CC2CC2)C1. The molecular weight excluding hydrogens is 316 g/mol. The van der Waals surface area contributed by atoms with Crippen molar-refractivity contribution in [1.29, 1.82) is 0 Å². The fourth-order valence-electron chi connectivity index (χ4n) is 3.77. The molecule has 6 nitrogen and oxygen atoms in total. The molecular formula is C19H26N4O2. The zero-order valence-corrected chi connectivity index (χ0v) is 14.5. The van der Waals surface area contributed by atoms with Crippen molar-refractivity contribution in [2.75, 3.05) is 39.3 Å². The maximum absolute atomic E-state index is 11.6. The van der Waals surface area contributed by atoms with E-state index in [0.717, 1.165) is 49.7 Å². The third-order valence-electron chi connectivity index (χ3n) is 5.44. The maximum Gasteiger partial charge on any atom is 0.309 e. The first-order chi connectivity index (χ1) is 12.2. The number of fused-ring (bicyclic) bond motifs is 1. The van der Waals surface area contributed by atoms with Gasteiger partial charge in [0, 0.05) is 45.8 Å². The van der Waals surface area contributed by atoms with Gasteiger partial charge in [-0.25, -0.2) is 4.98 Å². The zero-order chi connectivity index (χ0) is 17.2. The molecule has 134 valence electrons. The van der Waals surface area contributed by atoms with Crippen LogP contribution in [0.2, 0.25) is 0 Å². The second-order valence-corrected chi connectivity index (χ2v) is 7.47. The molecule has 2 heterocycles. The quantitative estimate of drug-likeness (QED) is 0.867. The van der Waals surface area contributed by atoms with Crippen LogP contribution in [-0.4, -0.2) is 69.7 Å². The lowest BCUT2D eigenvalue weighted by molar-refractivity contribution is -0.142. The van der Waals surface area contributed by atoms with Crippen molar-refractivity contribution >= 4 is 17.0 Å². The molecule has 1 aliphatic heterocycles. The summed E-state index contributed by atoms with van der Waals surface area (Å²) in [6, 6.07) is 8.14. The van der Waals surface area contributed by atoms with Crippen LogP contribution in [0.4, 0.5) is 0 Å². The number of imidazole rings is 1. The third kappa shape index (κ3) is 4.02. The standard InChI is InChI=1S/C19H26N4O2/c24-19(25)16-12-21(7-8-22(13-16)11-15-5-6-15)9-10-23-14-20-17-3-1-2-4-18(17)23/h1-4,14-16H,5-13H2,(H,24,25). The number of benzene rings is 1. The van der Waals surface area contributed by atoms with E-state index in [4.69, 9.17) is 0 Å². The molecule has 1 saturated carbocycles. The van der Waals surface area contributed by atoms with Gasteiger partial charge in [0.1, 0.15) is 0 Å². The highest BCUT2D eigenvalue weighted by Crippen LogP contribution is 2.30. The summed E-state index contributed by atoms with van der Waals surface area (Å²) in [6.45, 7) is 6.04. The summed E-state index contributed by atoms with van der Waals surface area (Å²) in [7, 11) is 0. The first-order valence-corrected chi connectivity index (χ1v) is 9.26. The van der Waals surface area contributed by atoms with Crippen molar-refractivity contribution in [3.8, 4) is 0 Å². The maximum atomic E-state index is 11.6. The molecule has 2 aliphatic rings. The molecule has 0 radical (unpaired) electrons. The van der Waals surface area contributed by atoms with E-state index in [-0.39, 0.29) is 5.92 Å². The monoisotopic (exact) mass is 342 g/mol. The van der Waals surface area contributed by atoms with Crippen molar-refractivity contribution < 1.29 is 9.90 Å². The summed E-state index contributed by atoms with van der Waals surface area (Å²) in [6.07, 6.45) is 4.51. The molecule has 0 bridgehead atoms. The number of aromatic nitrogens is 2. The highest BCUT2D eigenvalue weighted by molar-refractivity contribution is 5.74. The van der Waals surface area contributed by atoms with E-state index in [1.807, 2.05) is 24.5 Å². The molecule has 1 aromatic heterocycles. The number of carbonyl (C=O) groups is 1. The first-order valence-electron chi connectivity index (χ1n) is 9.26. The number of carboxylic acids is 1. The lowest BCUT2D eigenvalue weighted by atomic mass is 10.1. The van der Waals surface area contributed by atoms with Crippen LogP contribution in [0.25, 0.3) is 11.0 Å². The largest absolute Gasteiger partial charge is 0.481 e. The molecule has 1 atom stereocenters. The molecule has 1 saturated heterocycles. The van der Waals surface area contributed by atoms with E-state index >= 15 is 0 Å². The molecule has 1 N–H and O–H groups in total. The Labute approximate surface area is 148 Å². The molecule has 0 amide bonds. The average molecular weight is 342 g/mol. The number of para-hydroxylation sites is 2. The highest BCUT2D eigenvalue weighted by Gasteiger charge is 2.31. The molecule has 25 heavy (non-hydrogen) atoms. The third-order valence-corrected chi connectivity index (χ3v) is 5.44. The minimum absolute atomic E-state index is 0.291. The van der Waals surface area contributed by atoms with Gasteiger partial charge in [-0.1, -0.05) is 12.1 Å². The number of aliphatic carboxylic acids is 1. The smallest absolute Gasteiger partial charge is 0.309 e. The van der Waals surface area contributed by atoms with Gasteiger partial charge in [-0.05, 0) is 30.9 Å². The first kappa shape index (κ1) is 16.5.